The molecule has 1 fully saturated rings. The van der Waals surface area contributed by atoms with Gasteiger partial charge in [-0.25, -0.2) is 0 Å². The second kappa shape index (κ2) is 5.84. The lowest BCUT2D eigenvalue weighted by molar-refractivity contribution is -0.117. The summed E-state index contributed by atoms with van der Waals surface area (Å²) in [4.78, 5) is 22.8. The van der Waals surface area contributed by atoms with Crippen LogP contribution in [0.3, 0.4) is 0 Å². The molecule has 0 aromatic heterocycles. The van der Waals surface area contributed by atoms with Gasteiger partial charge >= 0.3 is 0 Å². The van der Waals surface area contributed by atoms with Crippen LogP contribution < -0.4 is 16.8 Å². The van der Waals surface area contributed by atoms with Crippen LogP contribution in [0, 0.1) is 5.92 Å². The molecule has 1 aromatic rings. The van der Waals surface area contributed by atoms with Crippen LogP contribution in [0.5, 0.6) is 0 Å². The van der Waals surface area contributed by atoms with E-state index < -0.39 is 5.91 Å². The van der Waals surface area contributed by atoms with E-state index in [2.05, 4.69) is 5.32 Å². The van der Waals surface area contributed by atoms with Crippen molar-refractivity contribution in [2.75, 3.05) is 5.32 Å². The second-order valence-corrected chi connectivity index (χ2v) is 5.05. The van der Waals surface area contributed by atoms with Crippen LogP contribution in [0.2, 0.25) is 0 Å². The van der Waals surface area contributed by atoms with Gasteiger partial charge in [0.1, 0.15) is 0 Å². The summed E-state index contributed by atoms with van der Waals surface area (Å²) in [6, 6.07) is 6.68. The third-order valence-electron chi connectivity index (χ3n) is 3.62. The van der Waals surface area contributed by atoms with E-state index in [1.165, 1.54) is 0 Å². The van der Waals surface area contributed by atoms with E-state index in [1.807, 2.05) is 0 Å². The number of primary amides is 1. The maximum Gasteiger partial charge on any atom is 0.248 e. The van der Waals surface area contributed by atoms with Crippen molar-refractivity contribution in [3.8, 4) is 0 Å². The van der Waals surface area contributed by atoms with Gasteiger partial charge in [0.25, 0.3) is 0 Å². The number of rotatable bonds is 4. The van der Waals surface area contributed by atoms with Gasteiger partial charge in [0.15, 0.2) is 0 Å². The molecule has 5 N–H and O–H groups in total. The van der Waals surface area contributed by atoms with Gasteiger partial charge < -0.3 is 16.8 Å². The normalized spacial score (nSPS) is 22.2. The van der Waals surface area contributed by atoms with Crippen molar-refractivity contribution in [2.45, 2.75) is 31.7 Å². The predicted molar refractivity (Wildman–Crippen MR) is 73.5 cm³/mol. The first-order valence-corrected chi connectivity index (χ1v) is 6.51. The Morgan fingerprint density at radius 1 is 1.21 bits per heavy atom. The number of hydrogen-bond acceptors (Lipinski definition) is 3. The van der Waals surface area contributed by atoms with Crippen molar-refractivity contribution in [3.05, 3.63) is 29.8 Å². The number of amides is 2. The van der Waals surface area contributed by atoms with E-state index in [-0.39, 0.29) is 17.9 Å². The van der Waals surface area contributed by atoms with Crippen LogP contribution in [-0.2, 0) is 4.79 Å². The van der Waals surface area contributed by atoms with Gasteiger partial charge in [-0.15, -0.1) is 0 Å². The second-order valence-electron chi connectivity index (χ2n) is 5.05. The van der Waals surface area contributed by atoms with Gasteiger partial charge in [-0.1, -0.05) is 6.42 Å². The Bertz CT molecular complexity index is 470. The minimum atomic E-state index is -0.477. The smallest absolute Gasteiger partial charge is 0.248 e. The van der Waals surface area contributed by atoms with Gasteiger partial charge in [-0.2, -0.15) is 0 Å². The number of nitrogens with two attached hydrogens (primary N) is 2. The highest BCUT2D eigenvalue weighted by Gasteiger charge is 2.25. The molecule has 2 amide bonds. The van der Waals surface area contributed by atoms with E-state index in [4.69, 9.17) is 11.5 Å². The summed E-state index contributed by atoms with van der Waals surface area (Å²) in [6.07, 6.45) is 3.59. The molecule has 0 heterocycles. The molecule has 1 aliphatic carbocycles. The van der Waals surface area contributed by atoms with Crippen LogP contribution in [0.15, 0.2) is 24.3 Å². The molecule has 2 atom stereocenters. The lowest BCUT2D eigenvalue weighted by Gasteiger charge is -2.14. The third kappa shape index (κ3) is 3.54. The molecule has 0 spiro atoms. The Morgan fingerprint density at radius 3 is 2.42 bits per heavy atom. The van der Waals surface area contributed by atoms with E-state index in [1.54, 1.807) is 24.3 Å². The average molecular weight is 261 g/mol. The van der Waals surface area contributed by atoms with E-state index in [0.29, 0.717) is 17.7 Å². The van der Waals surface area contributed by atoms with Crippen molar-refractivity contribution < 1.29 is 9.59 Å². The fraction of sp³-hybridized carbons (Fsp3) is 0.429. The summed E-state index contributed by atoms with van der Waals surface area (Å²) in [7, 11) is 0. The first-order valence-electron chi connectivity index (χ1n) is 6.51. The number of carbonyl (C=O) groups is 2. The van der Waals surface area contributed by atoms with E-state index >= 15 is 0 Å². The number of carbonyl (C=O) groups excluding carboxylic acids is 2. The lowest BCUT2D eigenvalue weighted by atomic mass is 10.00. The topological polar surface area (TPSA) is 98.2 Å². The summed E-state index contributed by atoms with van der Waals surface area (Å²) in [5.41, 5.74) is 12.2. The zero-order valence-electron chi connectivity index (χ0n) is 10.8. The third-order valence-corrected chi connectivity index (χ3v) is 3.62. The Morgan fingerprint density at radius 2 is 1.89 bits per heavy atom. The number of benzene rings is 1. The molecule has 1 aromatic carbocycles. The molecule has 0 saturated heterocycles. The molecule has 5 nitrogen and oxygen atoms in total. The minimum absolute atomic E-state index is 0.0332. The predicted octanol–water partition coefficient (Wildman–Crippen LogP) is 1.24. The van der Waals surface area contributed by atoms with Crippen LogP contribution in [-0.4, -0.2) is 17.9 Å². The van der Waals surface area contributed by atoms with Gasteiger partial charge in [0.2, 0.25) is 11.8 Å². The standard InChI is InChI=1S/C14H19N3O2/c15-12-3-1-2-10(12)8-13(18)17-11-6-4-9(5-7-11)14(16)19/h4-7,10,12H,1-3,8,15H2,(H2,16,19)(H,17,18)/t10-,12+/m0/s1. The fourth-order valence-corrected chi connectivity index (χ4v) is 2.49. The highest BCUT2D eigenvalue weighted by atomic mass is 16.2. The molecule has 5 heteroatoms. The quantitative estimate of drug-likeness (QED) is 0.760. The Balaban J connectivity index is 1.89. The molecular formula is C14H19N3O2. The zero-order valence-corrected chi connectivity index (χ0v) is 10.8. The molecule has 19 heavy (non-hydrogen) atoms. The highest BCUT2D eigenvalue weighted by molar-refractivity contribution is 5.94. The molecule has 102 valence electrons. The monoisotopic (exact) mass is 261 g/mol. The first-order chi connectivity index (χ1) is 9.06. The summed E-state index contributed by atoms with van der Waals surface area (Å²) in [5, 5.41) is 2.81. The highest BCUT2D eigenvalue weighted by Crippen LogP contribution is 2.27. The van der Waals surface area contributed by atoms with Crippen molar-refractivity contribution in [3.63, 3.8) is 0 Å². The molecule has 1 saturated carbocycles. The van der Waals surface area contributed by atoms with Crippen LogP contribution in [0.1, 0.15) is 36.0 Å². The molecular weight excluding hydrogens is 242 g/mol. The van der Waals surface area contributed by atoms with Crippen molar-refractivity contribution in [1.82, 2.24) is 0 Å². The summed E-state index contributed by atoms with van der Waals surface area (Å²) < 4.78 is 0. The van der Waals surface area contributed by atoms with Crippen molar-refractivity contribution in [1.29, 1.82) is 0 Å². The average Bonchev–Trinajstić information content (AvgIpc) is 2.75. The van der Waals surface area contributed by atoms with Gasteiger partial charge in [0.05, 0.1) is 0 Å². The summed E-state index contributed by atoms with van der Waals surface area (Å²) in [6.45, 7) is 0. The fourth-order valence-electron chi connectivity index (χ4n) is 2.49. The van der Waals surface area contributed by atoms with Gasteiger partial charge in [-0.05, 0) is 43.0 Å². The van der Waals surface area contributed by atoms with Gasteiger partial charge in [0, 0.05) is 23.7 Å². The van der Waals surface area contributed by atoms with Crippen molar-refractivity contribution >= 4 is 17.5 Å². The number of nitrogens with one attached hydrogen (secondary N) is 1. The van der Waals surface area contributed by atoms with E-state index in [0.717, 1.165) is 19.3 Å². The molecule has 1 aliphatic rings. The van der Waals surface area contributed by atoms with E-state index in [9.17, 15) is 9.59 Å². The molecule has 0 radical (unpaired) electrons. The molecule has 0 bridgehead atoms. The summed E-state index contributed by atoms with van der Waals surface area (Å²) in [5.74, 6) is -0.228. The van der Waals surface area contributed by atoms with Crippen LogP contribution in [0.4, 0.5) is 5.69 Å². The largest absolute Gasteiger partial charge is 0.366 e. The minimum Gasteiger partial charge on any atom is -0.366 e. The van der Waals surface area contributed by atoms with Crippen LogP contribution >= 0.6 is 0 Å². The SMILES string of the molecule is NC(=O)c1ccc(NC(=O)C[C@@H]2CCC[C@H]2N)cc1. The summed E-state index contributed by atoms with van der Waals surface area (Å²) >= 11 is 0. The number of hydrogen-bond donors (Lipinski definition) is 3. The zero-order chi connectivity index (χ0) is 13.8. The Labute approximate surface area is 112 Å². The molecule has 0 aliphatic heterocycles. The van der Waals surface area contributed by atoms with Crippen molar-refractivity contribution in [2.24, 2.45) is 17.4 Å². The molecule has 2 rings (SSSR count). The van der Waals surface area contributed by atoms with Gasteiger partial charge in [-0.3, -0.25) is 9.59 Å². The molecule has 0 unspecified atom stereocenters. The Kier molecular flexibility index (Phi) is 4.16. The maximum absolute atomic E-state index is 11.9. The lowest BCUT2D eigenvalue weighted by Crippen LogP contribution is -2.28. The maximum atomic E-state index is 11.9. The van der Waals surface area contributed by atoms with Crippen LogP contribution in [0.25, 0.3) is 0 Å². The number of anilines is 1. The first kappa shape index (κ1) is 13.5. The Hall–Kier alpha value is -1.88.